The van der Waals surface area contributed by atoms with Gasteiger partial charge < -0.3 is 10.2 Å². The van der Waals surface area contributed by atoms with Gasteiger partial charge in [-0.1, -0.05) is 38.2 Å². The number of rotatable bonds is 12. The van der Waals surface area contributed by atoms with Crippen molar-refractivity contribution in [2.45, 2.75) is 70.3 Å². The second kappa shape index (κ2) is 11.6. The van der Waals surface area contributed by atoms with E-state index in [0.717, 1.165) is 25.7 Å². The van der Waals surface area contributed by atoms with Gasteiger partial charge in [0.15, 0.2) is 0 Å². The monoisotopic (exact) mass is 242 g/mol. The first kappa shape index (κ1) is 16.2. The van der Waals surface area contributed by atoms with E-state index >= 15 is 0 Å². The van der Waals surface area contributed by atoms with Gasteiger partial charge in [-0.25, -0.2) is 0 Å². The van der Waals surface area contributed by atoms with E-state index in [1.807, 2.05) is 6.08 Å². The molecule has 3 heteroatoms. The summed E-state index contributed by atoms with van der Waals surface area (Å²) in [5.74, 6) is -0.828. The normalized spacial score (nSPS) is 12.3. The summed E-state index contributed by atoms with van der Waals surface area (Å²) in [6, 6.07) is 0. The van der Waals surface area contributed by atoms with Crippen LogP contribution in [0.25, 0.3) is 0 Å². The lowest BCUT2D eigenvalue weighted by Gasteiger charge is -2.08. The van der Waals surface area contributed by atoms with Gasteiger partial charge in [-0.05, 0) is 25.7 Å². The Morgan fingerprint density at radius 3 is 2.24 bits per heavy atom. The minimum Gasteiger partial charge on any atom is -0.481 e. The topological polar surface area (TPSA) is 57.5 Å². The molecule has 0 rings (SSSR count). The van der Waals surface area contributed by atoms with E-state index in [9.17, 15) is 9.90 Å². The van der Waals surface area contributed by atoms with Crippen LogP contribution < -0.4 is 0 Å². The fourth-order valence-electron chi connectivity index (χ4n) is 1.81. The number of allylic oxidation sites excluding steroid dienone is 1. The van der Waals surface area contributed by atoms with E-state index in [2.05, 4.69) is 6.58 Å². The van der Waals surface area contributed by atoms with Crippen LogP contribution in [0.15, 0.2) is 12.7 Å². The average Bonchev–Trinajstić information content (AvgIpc) is 2.30. The van der Waals surface area contributed by atoms with Crippen LogP contribution in [0.5, 0.6) is 0 Å². The van der Waals surface area contributed by atoms with Gasteiger partial charge in [0.1, 0.15) is 0 Å². The summed E-state index contributed by atoms with van der Waals surface area (Å²) in [6.07, 6.45) is 10.9. The van der Waals surface area contributed by atoms with Crippen molar-refractivity contribution in [2.24, 2.45) is 0 Å². The van der Waals surface area contributed by atoms with Gasteiger partial charge >= 0.3 is 5.97 Å². The smallest absolute Gasteiger partial charge is 0.303 e. The average molecular weight is 242 g/mol. The number of hydrogen-bond donors (Lipinski definition) is 2. The van der Waals surface area contributed by atoms with E-state index in [-0.39, 0.29) is 6.42 Å². The van der Waals surface area contributed by atoms with Crippen LogP contribution in [0.1, 0.15) is 64.2 Å². The second-order valence-electron chi connectivity index (χ2n) is 4.57. The molecule has 0 saturated carbocycles. The molecule has 0 saturated heterocycles. The van der Waals surface area contributed by atoms with E-state index in [4.69, 9.17) is 5.11 Å². The highest BCUT2D eigenvalue weighted by atomic mass is 16.4. The van der Waals surface area contributed by atoms with Crippen molar-refractivity contribution in [3.05, 3.63) is 12.7 Å². The number of aliphatic hydroxyl groups is 1. The van der Waals surface area contributed by atoms with Crippen LogP contribution >= 0.6 is 0 Å². The van der Waals surface area contributed by atoms with Crippen LogP contribution in [0.3, 0.4) is 0 Å². The summed E-state index contributed by atoms with van der Waals surface area (Å²) in [4.78, 5) is 10.3. The minimum absolute atomic E-state index is 0.0721. The third-order valence-corrected chi connectivity index (χ3v) is 2.89. The lowest BCUT2D eigenvalue weighted by atomic mass is 10.0. The molecule has 0 aliphatic carbocycles. The molecule has 0 aliphatic heterocycles. The third-order valence-electron chi connectivity index (χ3n) is 2.89. The molecule has 17 heavy (non-hydrogen) atoms. The largest absolute Gasteiger partial charge is 0.481 e. The molecule has 0 bridgehead atoms. The third kappa shape index (κ3) is 13.1. The SMILES string of the molecule is C=CCCCCCCCCC(O)CCC(=O)O. The number of unbranched alkanes of at least 4 members (excludes halogenated alkanes) is 6. The zero-order valence-corrected chi connectivity index (χ0v) is 10.7. The lowest BCUT2D eigenvalue weighted by Crippen LogP contribution is -2.09. The van der Waals surface area contributed by atoms with Crippen LogP contribution in [-0.4, -0.2) is 22.3 Å². The summed E-state index contributed by atoms with van der Waals surface area (Å²) in [5.41, 5.74) is 0. The van der Waals surface area contributed by atoms with Crippen molar-refractivity contribution in [1.82, 2.24) is 0 Å². The molecule has 0 aromatic heterocycles. The zero-order valence-electron chi connectivity index (χ0n) is 10.7. The standard InChI is InChI=1S/C14H26O3/c1-2-3-4-5-6-7-8-9-10-13(15)11-12-14(16)17/h2,13,15H,1,3-12H2,(H,16,17). The second-order valence-corrected chi connectivity index (χ2v) is 4.57. The Balaban J connectivity index is 3.16. The number of aliphatic hydroxyl groups excluding tert-OH is 1. The summed E-state index contributed by atoms with van der Waals surface area (Å²) in [7, 11) is 0. The Morgan fingerprint density at radius 2 is 1.65 bits per heavy atom. The zero-order chi connectivity index (χ0) is 12.9. The Labute approximate surface area is 105 Å². The van der Waals surface area contributed by atoms with Crippen molar-refractivity contribution < 1.29 is 15.0 Å². The number of aliphatic carboxylic acids is 1. The van der Waals surface area contributed by atoms with Gasteiger partial charge in [0, 0.05) is 6.42 Å². The molecule has 0 spiro atoms. The minimum atomic E-state index is -0.828. The van der Waals surface area contributed by atoms with E-state index in [1.54, 1.807) is 0 Å². The summed E-state index contributed by atoms with van der Waals surface area (Å²) in [5, 5.41) is 18.0. The van der Waals surface area contributed by atoms with Gasteiger partial charge in [0.2, 0.25) is 0 Å². The van der Waals surface area contributed by atoms with Crippen molar-refractivity contribution in [2.75, 3.05) is 0 Å². The number of carboxylic acids is 1. The molecule has 0 aliphatic rings. The Morgan fingerprint density at radius 1 is 1.06 bits per heavy atom. The van der Waals surface area contributed by atoms with E-state index in [1.165, 1.54) is 25.7 Å². The quantitative estimate of drug-likeness (QED) is 0.406. The lowest BCUT2D eigenvalue weighted by molar-refractivity contribution is -0.137. The molecule has 3 nitrogen and oxygen atoms in total. The van der Waals surface area contributed by atoms with Crippen molar-refractivity contribution >= 4 is 5.97 Å². The van der Waals surface area contributed by atoms with Crippen LogP contribution in [0.2, 0.25) is 0 Å². The fourth-order valence-corrected chi connectivity index (χ4v) is 1.81. The van der Waals surface area contributed by atoms with Gasteiger partial charge in [0.25, 0.3) is 0 Å². The van der Waals surface area contributed by atoms with Crippen molar-refractivity contribution in [1.29, 1.82) is 0 Å². The van der Waals surface area contributed by atoms with E-state index < -0.39 is 12.1 Å². The summed E-state index contributed by atoms with van der Waals surface area (Å²) < 4.78 is 0. The van der Waals surface area contributed by atoms with Crippen LogP contribution in [-0.2, 0) is 4.79 Å². The molecule has 0 fully saturated rings. The van der Waals surface area contributed by atoms with Gasteiger partial charge in [-0.3, -0.25) is 4.79 Å². The van der Waals surface area contributed by atoms with Crippen LogP contribution in [0.4, 0.5) is 0 Å². The highest BCUT2D eigenvalue weighted by molar-refractivity contribution is 5.66. The highest BCUT2D eigenvalue weighted by Crippen LogP contribution is 2.11. The van der Waals surface area contributed by atoms with Crippen molar-refractivity contribution in [3.8, 4) is 0 Å². The first-order valence-corrected chi connectivity index (χ1v) is 6.67. The molecule has 1 unspecified atom stereocenters. The first-order valence-electron chi connectivity index (χ1n) is 6.67. The maximum Gasteiger partial charge on any atom is 0.303 e. The molecule has 2 N–H and O–H groups in total. The predicted molar refractivity (Wildman–Crippen MR) is 70.0 cm³/mol. The van der Waals surface area contributed by atoms with Gasteiger partial charge in [-0.2, -0.15) is 0 Å². The van der Waals surface area contributed by atoms with Gasteiger partial charge in [0.05, 0.1) is 6.10 Å². The number of hydrogen-bond acceptors (Lipinski definition) is 2. The van der Waals surface area contributed by atoms with E-state index in [0.29, 0.717) is 6.42 Å². The maximum atomic E-state index is 10.3. The summed E-state index contributed by atoms with van der Waals surface area (Å²) >= 11 is 0. The summed E-state index contributed by atoms with van der Waals surface area (Å²) in [6.45, 7) is 3.69. The predicted octanol–water partition coefficient (Wildman–Crippen LogP) is 3.52. The molecule has 0 aromatic carbocycles. The molecule has 0 amide bonds. The van der Waals surface area contributed by atoms with Crippen molar-refractivity contribution in [3.63, 3.8) is 0 Å². The Hall–Kier alpha value is -0.830. The molecular formula is C14H26O3. The molecule has 0 radical (unpaired) electrons. The molecule has 1 atom stereocenters. The molecule has 0 heterocycles. The van der Waals surface area contributed by atoms with Gasteiger partial charge in [-0.15, -0.1) is 6.58 Å². The number of carbonyl (C=O) groups is 1. The number of carboxylic acid groups (broad SMARTS) is 1. The molecule has 0 aromatic rings. The highest BCUT2D eigenvalue weighted by Gasteiger charge is 2.06. The Bertz CT molecular complexity index is 202. The molecule has 100 valence electrons. The van der Waals surface area contributed by atoms with Crippen LogP contribution in [0, 0.1) is 0 Å². The molecular weight excluding hydrogens is 216 g/mol. The maximum absolute atomic E-state index is 10.3. The first-order chi connectivity index (χ1) is 8.16. The fraction of sp³-hybridized carbons (Fsp3) is 0.786. The Kier molecular flexibility index (Phi) is 11.1.